The van der Waals surface area contributed by atoms with Crippen LogP contribution in [0.5, 0.6) is 0 Å². The van der Waals surface area contributed by atoms with Gasteiger partial charge in [-0.2, -0.15) is 0 Å². The second kappa shape index (κ2) is 6.86. The molecule has 0 radical (unpaired) electrons. The maximum atomic E-state index is 6.78. The molecule has 0 amide bonds. The number of hydrogen-bond acceptors (Lipinski definition) is 12. The van der Waals surface area contributed by atoms with Crippen LogP contribution in [-0.2, 0) is 49.4 Å². The van der Waals surface area contributed by atoms with Gasteiger partial charge in [-0.1, -0.05) is 30.3 Å². The van der Waals surface area contributed by atoms with E-state index in [9.17, 15) is 0 Å². The molecule has 6 saturated heterocycles. The molecule has 0 unspecified atom stereocenters. The van der Waals surface area contributed by atoms with E-state index in [1.807, 2.05) is 30.3 Å². The second-order valence-electron chi connectivity index (χ2n) is 9.18. The molecule has 0 N–H and O–H groups in total. The van der Waals surface area contributed by atoms with Gasteiger partial charge >= 0.3 is 70.4 Å². The highest BCUT2D eigenvalue weighted by molar-refractivity contribution is 7.04. The molecule has 7 rings (SSSR count). The highest BCUT2D eigenvalue weighted by Crippen LogP contribution is 2.47. The molecule has 1 aromatic carbocycles. The van der Waals surface area contributed by atoms with Crippen LogP contribution < -0.4 is 5.19 Å². The average molecular weight is 599 g/mol. The van der Waals surface area contributed by atoms with E-state index >= 15 is 0 Å². The Morgan fingerprint density at radius 1 is 0.364 bits per heavy atom. The van der Waals surface area contributed by atoms with Gasteiger partial charge in [0.15, 0.2) is 0 Å². The van der Waals surface area contributed by atoms with Crippen molar-refractivity contribution >= 4 is 75.6 Å². The van der Waals surface area contributed by atoms with Crippen molar-refractivity contribution in [3.63, 3.8) is 0 Å². The number of rotatable bonds is 1. The lowest BCUT2D eigenvalue weighted by Gasteiger charge is -2.60. The normalized spacial score (nSPS) is 57.7. The van der Waals surface area contributed by atoms with E-state index in [1.165, 1.54) is 0 Å². The third-order valence-corrected chi connectivity index (χ3v) is 40.8. The standard InChI is InChI=1S/C13H26O12Si8/c1-26-14-27(2)17-30(5)19-28(3,15-26)21-32(7)22-29(4,16-26)20-31(6,18-27)24-33(23-30,25-32)13-11-9-8-10-12-13/h8-12H,1-7H3. The van der Waals surface area contributed by atoms with Gasteiger partial charge in [0, 0.05) is 51.0 Å². The summed E-state index contributed by atoms with van der Waals surface area (Å²) in [6.07, 6.45) is 0. The van der Waals surface area contributed by atoms with Crippen LogP contribution >= 0.6 is 0 Å². The van der Waals surface area contributed by atoms with Crippen LogP contribution in [0.4, 0.5) is 0 Å². The van der Waals surface area contributed by atoms with E-state index in [0.717, 1.165) is 0 Å². The van der Waals surface area contributed by atoms with E-state index < -0.39 is 70.4 Å². The van der Waals surface area contributed by atoms with Crippen molar-refractivity contribution in [1.82, 2.24) is 0 Å². The predicted molar refractivity (Wildman–Crippen MR) is 126 cm³/mol. The minimum absolute atomic E-state index is 0.699. The van der Waals surface area contributed by atoms with Crippen molar-refractivity contribution in [1.29, 1.82) is 0 Å². The van der Waals surface area contributed by atoms with E-state index in [-0.39, 0.29) is 0 Å². The van der Waals surface area contributed by atoms with E-state index in [0.29, 0.717) is 5.19 Å². The Kier molecular flexibility index (Phi) is 4.96. The molecule has 0 atom stereocenters. The van der Waals surface area contributed by atoms with Gasteiger partial charge in [0.2, 0.25) is 0 Å². The van der Waals surface area contributed by atoms with E-state index in [2.05, 4.69) is 0 Å². The third-order valence-electron chi connectivity index (χ3n) is 5.42. The van der Waals surface area contributed by atoms with E-state index in [1.54, 1.807) is 45.8 Å². The van der Waals surface area contributed by atoms with Crippen molar-refractivity contribution < 1.29 is 49.4 Å². The summed E-state index contributed by atoms with van der Waals surface area (Å²) in [4.78, 5) is 0. The molecule has 0 saturated carbocycles. The van der Waals surface area contributed by atoms with Crippen molar-refractivity contribution in [2.75, 3.05) is 0 Å². The minimum atomic E-state index is -3.82. The highest BCUT2D eigenvalue weighted by Gasteiger charge is 2.79. The minimum Gasteiger partial charge on any atom is -0.374 e. The fourth-order valence-corrected chi connectivity index (χ4v) is 50.2. The quantitative estimate of drug-likeness (QED) is 0.431. The SMILES string of the molecule is C[Si]12O[Si]3(C)O[Si]4(C)O[Si](C)(O1)O[Si]1(C)O[Si](C)(O2)O[Si](C)(O3)O[Si](c2ccccc2)(O4)O1. The van der Waals surface area contributed by atoms with Crippen LogP contribution in [0.3, 0.4) is 0 Å². The highest BCUT2D eigenvalue weighted by atomic mass is 28.6. The Balaban J connectivity index is 1.65. The smallest absolute Gasteiger partial charge is 0.374 e. The van der Waals surface area contributed by atoms with Crippen molar-refractivity contribution in [2.24, 2.45) is 0 Å². The lowest BCUT2D eigenvalue weighted by Crippen LogP contribution is -2.87. The Hall–Kier alpha value is 0.475. The zero-order valence-corrected chi connectivity index (χ0v) is 27.3. The summed E-state index contributed by atoms with van der Waals surface area (Å²) in [6, 6.07) is 9.43. The number of benzene rings is 1. The van der Waals surface area contributed by atoms with Crippen molar-refractivity contribution in [3.05, 3.63) is 30.3 Å². The molecule has 0 spiro atoms. The molecule has 8 bridgehead atoms. The molecule has 20 heteroatoms. The van der Waals surface area contributed by atoms with Crippen molar-refractivity contribution in [2.45, 2.75) is 45.8 Å². The first-order chi connectivity index (χ1) is 15.1. The topological polar surface area (TPSA) is 111 Å². The zero-order chi connectivity index (χ0) is 23.6. The van der Waals surface area contributed by atoms with Gasteiger partial charge in [0.25, 0.3) is 0 Å². The Morgan fingerprint density at radius 3 is 0.879 bits per heavy atom. The van der Waals surface area contributed by atoms with Crippen LogP contribution in [0, 0.1) is 0 Å². The lowest BCUT2D eigenvalue weighted by molar-refractivity contribution is -0.0157. The van der Waals surface area contributed by atoms with Gasteiger partial charge in [-0.25, -0.2) is 0 Å². The molecule has 6 aliphatic heterocycles. The Bertz CT molecular complexity index is 890. The molecule has 0 aliphatic carbocycles. The van der Waals surface area contributed by atoms with Gasteiger partial charge in [-0.15, -0.1) is 0 Å². The van der Waals surface area contributed by atoms with Gasteiger partial charge < -0.3 is 49.4 Å². The summed E-state index contributed by atoms with van der Waals surface area (Å²) in [6.45, 7) is 12.3. The van der Waals surface area contributed by atoms with Crippen LogP contribution in [0.15, 0.2) is 30.3 Å². The maximum absolute atomic E-state index is 6.78. The molecule has 1 aromatic rings. The second-order valence-corrected chi connectivity index (χ2v) is 32.7. The van der Waals surface area contributed by atoms with Crippen molar-refractivity contribution in [3.8, 4) is 0 Å². The van der Waals surface area contributed by atoms with Crippen LogP contribution in [0.2, 0.25) is 45.8 Å². The summed E-state index contributed by atoms with van der Waals surface area (Å²) < 4.78 is 79.3. The van der Waals surface area contributed by atoms with Crippen LogP contribution in [-0.4, -0.2) is 70.4 Å². The summed E-state index contributed by atoms with van der Waals surface area (Å²) in [5.41, 5.74) is 0. The van der Waals surface area contributed by atoms with Crippen LogP contribution in [0.1, 0.15) is 0 Å². The summed E-state index contributed by atoms with van der Waals surface area (Å²) >= 11 is 0. The Morgan fingerprint density at radius 2 is 0.606 bits per heavy atom. The molecule has 182 valence electrons. The van der Waals surface area contributed by atoms with Gasteiger partial charge in [-0.05, 0) is 0 Å². The molecule has 6 heterocycles. The maximum Gasteiger partial charge on any atom is 0.515 e. The summed E-state index contributed by atoms with van der Waals surface area (Å²) in [5, 5.41) is 0.699. The lowest BCUT2D eigenvalue weighted by atomic mass is 10.4. The summed E-state index contributed by atoms with van der Waals surface area (Å²) in [7, 11) is -28.5. The molecular formula is C13H26O12Si8. The molecule has 6 fully saturated rings. The molecular weight excluding hydrogens is 573 g/mol. The molecule has 33 heavy (non-hydrogen) atoms. The fraction of sp³-hybridized carbons (Fsp3) is 0.538. The monoisotopic (exact) mass is 598 g/mol. The Labute approximate surface area is 200 Å². The third kappa shape index (κ3) is 4.03. The molecule has 6 aliphatic rings. The van der Waals surface area contributed by atoms with Crippen LogP contribution in [0.25, 0.3) is 0 Å². The predicted octanol–water partition coefficient (Wildman–Crippen LogP) is 1.08. The van der Waals surface area contributed by atoms with E-state index in [4.69, 9.17) is 49.4 Å². The number of hydrogen-bond donors (Lipinski definition) is 0. The van der Waals surface area contributed by atoms with Gasteiger partial charge in [0.05, 0.1) is 0 Å². The largest absolute Gasteiger partial charge is 0.515 e. The average Bonchev–Trinajstić information content (AvgIpc) is 2.53. The summed E-state index contributed by atoms with van der Waals surface area (Å²) in [5.74, 6) is 0. The first kappa shape index (κ1) is 23.8. The fourth-order valence-electron chi connectivity index (χ4n) is 5.08. The first-order valence-electron chi connectivity index (χ1n) is 10.6. The van der Waals surface area contributed by atoms with Gasteiger partial charge in [-0.3, -0.25) is 0 Å². The molecule has 12 nitrogen and oxygen atoms in total. The first-order valence-corrected chi connectivity index (χ1v) is 27.9. The molecule has 0 aromatic heterocycles. The zero-order valence-electron chi connectivity index (χ0n) is 19.3. The van der Waals surface area contributed by atoms with Gasteiger partial charge in [0.1, 0.15) is 0 Å².